The lowest BCUT2D eigenvalue weighted by Crippen LogP contribution is -2.30. The molecule has 0 saturated carbocycles. The number of carbonyl (C=O) groups excluding carboxylic acids is 2. The van der Waals surface area contributed by atoms with Crippen LogP contribution in [-0.2, 0) is 9.59 Å². The van der Waals surface area contributed by atoms with Gasteiger partial charge in [0, 0.05) is 12.1 Å². The summed E-state index contributed by atoms with van der Waals surface area (Å²) in [5.74, 6) is 0.566. The van der Waals surface area contributed by atoms with E-state index in [1.54, 1.807) is 42.5 Å². The van der Waals surface area contributed by atoms with Gasteiger partial charge in [0.15, 0.2) is 11.5 Å². The molecule has 2 aromatic rings. The maximum Gasteiger partial charge on any atom is 0.295 e. The van der Waals surface area contributed by atoms with Crippen molar-refractivity contribution in [1.29, 1.82) is 0 Å². The van der Waals surface area contributed by atoms with E-state index >= 15 is 0 Å². The van der Waals surface area contributed by atoms with Gasteiger partial charge in [-0.15, -0.1) is 0 Å². The number of ether oxygens (including phenoxy) is 3. The van der Waals surface area contributed by atoms with Crippen molar-refractivity contribution in [2.75, 3.05) is 26.9 Å². The Kier molecular flexibility index (Phi) is 8.21. The topological polar surface area (TPSA) is 85.3 Å². The number of rotatable bonds is 10. The van der Waals surface area contributed by atoms with Crippen LogP contribution in [0.1, 0.15) is 51.3 Å². The third kappa shape index (κ3) is 5.19. The lowest BCUT2D eigenvalue weighted by Gasteiger charge is -2.25. The van der Waals surface area contributed by atoms with Crippen molar-refractivity contribution in [2.24, 2.45) is 5.92 Å². The minimum absolute atomic E-state index is 0.0560. The number of hydrogen-bond acceptors (Lipinski definition) is 6. The molecule has 0 spiro atoms. The van der Waals surface area contributed by atoms with Crippen LogP contribution in [0.15, 0.2) is 48.0 Å². The second-order valence-corrected chi connectivity index (χ2v) is 8.57. The van der Waals surface area contributed by atoms with Gasteiger partial charge in [-0.1, -0.05) is 26.8 Å². The third-order valence-electron chi connectivity index (χ3n) is 5.52. The average Bonchev–Trinajstić information content (AvgIpc) is 3.08. The Bertz CT molecular complexity index is 1060. The van der Waals surface area contributed by atoms with Crippen LogP contribution in [0.25, 0.3) is 5.76 Å². The molecule has 1 aliphatic rings. The van der Waals surface area contributed by atoms with Crippen molar-refractivity contribution in [3.8, 4) is 17.2 Å². The summed E-state index contributed by atoms with van der Waals surface area (Å²) in [7, 11) is 1.54. The Morgan fingerprint density at radius 1 is 1.03 bits per heavy atom. The molecule has 0 aliphatic carbocycles. The fourth-order valence-electron chi connectivity index (χ4n) is 3.95. The van der Waals surface area contributed by atoms with Crippen molar-refractivity contribution in [3.05, 3.63) is 59.2 Å². The van der Waals surface area contributed by atoms with Gasteiger partial charge in [0.05, 0.1) is 31.9 Å². The highest BCUT2D eigenvalue weighted by Gasteiger charge is 2.45. The van der Waals surface area contributed by atoms with E-state index in [-0.39, 0.29) is 11.3 Å². The zero-order valence-electron chi connectivity index (χ0n) is 20.5. The second-order valence-electron chi connectivity index (χ2n) is 8.57. The molecular weight excluding hydrogens is 434 g/mol. The van der Waals surface area contributed by atoms with Crippen molar-refractivity contribution >= 4 is 17.4 Å². The van der Waals surface area contributed by atoms with E-state index in [0.717, 1.165) is 0 Å². The number of aliphatic hydroxyl groups excluding tert-OH is 1. The summed E-state index contributed by atoms with van der Waals surface area (Å²) in [5.41, 5.74) is 1.15. The zero-order valence-corrected chi connectivity index (χ0v) is 20.5. The fourth-order valence-corrected chi connectivity index (χ4v) is 3.95. The SMILES string of the molecule is CCCN1C(=O)C(=O)/C(=C(\O)c2ccc(OCC(C)C)cc2)C1c1ccc(OCC)c(OC)c1. The highest BCUT2D eigenvalue weighted by Crippen LogP contribution is 2.42. The quantitative estimate of drug-likeness (QED) is 0.302. The van der Waals surface area contributed by atoms with Gasteiger partial charge >= 0.3 is 0 Å². The molecule has 0 bridgehead atoms. The van der Waals surface area contributed by atoms with E-state index in [4.69, 9.17) is 14.2 Å². The molecule has 7 nitrogen and oxygen atoms in total. The summed E-state index contributed by atoms with van der Waals surface area (Å²) >= 11 is 0. The van der Waals surface area contributed by atoms with Crippen LogP contribution >= 0.6 is 0 Å². The van der Waals surface area contributed by atoms with E-state index in [0.29, 0.717) is 60.5 Å². The molecule has 1 fully saturated rings. The minimum atomic E-state index is -0.735. The first-order valence-electron chi connectivity index (χ1n) is 11.6. The fraction of sp³-hybridized carbons (Fsp3) is 0.407. The molecule has 1 N–H and O–H groups in total. The minimum Gasteiger partial charge on any atom is -0.507 e. The Balaban J connectivity index is 2.07. The van der Waals surface area contributed by atoms with E-state index in [9.17, 15) is 14.7 Å². The van der Waals surface area contributed by atoms with E-state index < -0.39 is 17.7 Å². The summed E-state index contributed by atoms with van der Waals surface area (Å²) in [6.07, 6.45) is 0.666. The molecule has 1 heterocycles. The van der Waals surface area contributed by atoms with E-state index in [1.165, 1.54) is 12.0 Å². The summed E-state index contributed by atoms with van der Waals surface area (Å²) in [6, 6.07) is 11.4. The van der Waals surface area contributed by atoms with Crippen LogP contribution in [0.3, 0.4) is 0 Å². The number of carbonyl (C=O) groups is 2. The summed E-state index contributed by atoms with van der Waals surface area (Å²) in [4.78, 5) is 27.5. The summed E-state index contributed by atoms with van der Waals surface area (Å²) < 4.78 is 16.8. The molecule has 34 heavy (non-hydrogen) atoms. The van der Waals surface area contributed by atoms with Crippen LogP contribution in [-0.4, -0.2) is 48.6 Å². The molecule has 1 atom stereocenters. The highest BCUT2D eigenvalue weighted by atomic mass is 16.5. The number of benzene rings is 2. The number of nitrogens with zero attached hydrogens (tertiary/aromatic N) is 1. The molecule has 7 heteroatoms. The molecule has 182 valence electrons. The van der Waals surface area contributed by atoms with Gasteiger partial charge in [0.1, 0.15) is 11.5 Å². The predicted octanol–water partition coefficient (Wildman–Crippen LogP) is 4.96. The second kappa shape index (κ2) is 11.1. The van der Waals surface area contributed by atoms with Gasteiger partial charge in [-0.05, 0) is 61.2 Å². The smallest absolute Gasteiger partial charge is 0.295 e. The van der Waals surface area contributed by atoms with E-state index in [2.05, 4.69) is 13.8 Å². The number of likely N-dealkylation sites (tertiary alicyclic amines) is 1. The van der Waals surface area contributed by atoms with E-state index in [1.807, 2.05) is 13.8 Å². The van der Waals surface area contributed by atoms with Gasteiger partial charge in [-0.3, -0.25) is 9.59 Å². The van der Waals surface area contributed by atoms with Crippen molar-refractivity contribution in [1.82, 2.24) is 4.90 Å². The standard InChI is InChI=1S/C27H33NO6/c1-6-14-28-24(19-10-13-21(33-7-2)22(15-19)32-5)23(26(30)27(28)31)25(29)18-8-11-20(12-9-18)34-16-17(3)4/h8-13,15,17,24,29H,6-7,14,16H2,1-5H3/b25-23-. The van der Waals surface area contributed by atoms with Crippen LogP contribution in [0.4, 0.5) is 0 Å². The van der Waals surface area contributed by atoms with Gasteiger partial charge in [-0.2, -0.15) is 0 Å². The first-order valence-corrected chi connectivity index (χ1v) is 11.6. The molecule has 0 radical (unpaired) electrons. The molecule has 0 aromatic heterocycles. The van der Waals surface area contributed by atoms with Crippen LogP contribution in [0.2, 0.25) is 0 Å². The van der Waals surface area contributed by atoms with Crippen LogP contribution in [0, 0.1) is 5.92 Å². The third-order valence-corrected chi connectivity index (χ3v) is 5.52. The summed E-state index contributed by atoms with van der Waals surface area (Å²) in [5, 5.41) is 11.2. The maximum atomic E-state index is 13.1. The van der Waals surface area contributed by atoms with Gasteiger partial charge in [-0.25, -0.2) is 0 Å². The van der Waals surface area contributed by atoms with Gasteiger partial charge < -0.3 is 24.2 Å². The lowest BCUT2D eigenvalue weighted by molar-refractivity contribution is -0.139. The molecule has 3 rings (SSSR count). The Morgan fingerprint density at radius 3 is 2.32 bits per heavy atom. The predicted molar refractivity (Wildman–Crippen MR) is 130 cm³/mol. The number of amides is 1. The number of aliphatic hydroxyl groups is 1. The lowest BCUT2D eigenvalue weighted by atomic mass is 9.95. The number of Topliss-reactive ketones (excluding diaryl/α,β-unsaturated/α-hetero) is 1. The number of methoxy groups -OCH3 is 1. The average molecular weight is 468 g/mol. The highest BCUT2D eigenvalue weighted by molar-refractivity contribution is 6.46. The Morgan fingerprint density at radius 2 is 1.74 bits per heavy atom. The summed E-state index contributed by atoms with van der Waals surface area (Å²) in [6.45, 7) is 9.36. The van der Waals surface area contributed by atoms with Gasteiger partial charge in [0.25, 0.3) is 11.7 Å². The monoisotopic (exact) mass is 467 g/mol. The van der Waals surface area contributed by atoms with Crippen LogP contribution < -0.4 is 14.2 Å². The molecule has 1 unspecified atom stereocenters. The number of ketones is 1. The van der Waals surface area contributed by atoms with Crippen molar-refractivity contribution < 1.29 is 28.9 Å². The van der Waals surface area contributed by atoms with Gasteiger partial charge in [0.2, 0.25) is 0 Å². The Labute approximate surface area is 200 Å². The maximum absolute atomic E-state index is 13.1. The largest absolute Gasteiger partial charge is 0.507 e. The first kappa shape index (κ1) is 25.1. The normalized spacial score (nSPS) is 17.4. The molecule has 1 aliphatic heterocycles. The number of hydrogen-bond donors (Lipinski definition) is 1. The van der Waals surface area contributed by atoms with Crippen molar-refractivity contribution in [2.45, 2.75) is 40.2 Å². The molecular formula is C27H33NO6. The van der Waals surface area contributed by atoms with Crippen molar-refractivity contribution in [3.63, 3.8) is 0 Å². The molecule has 2 aromatic carbocycles. The first-order chi connectivity index (χ1) is 16.3. The zero-order chi connectivity index (χ0) is 24.8. The molecule has 1 saturated heterocycles. The van der Waals surface area contributed by atoms with Crippen LogP contribution in [0.5, 0.6) is 17.2 Å². The Hall–Kier alpha value is -3.48. The molecule has 1 amide bonds.